The minimum atomic E-state index is -0.00697. The second kappa shape index (κ2) is 8.41. The van der Waals surface area contributed by atoms with Crippen LogP contribution in [0.3, 0.4) is 0 Å². The Morgan fingerprint density at radius 1 is 1.13 bits per heavy atom. The van der Waals surface area contributed by atoms with Gasteiger partial charge in [0.15, 0.2) is 5.58 Å². The van der Waals surface area contributed by atoms with Gasteiger partial charge < -0.3 is 18.6 Å². The minimum Gasteiger partial charge on any atom is -0.497 e. The van der Waals surface area contributed by atoms with Crippen molar-refractivity contribution in [2.75, 3.05) is 20.2 Å². The maximum Gasteiger partial charge on any atom is 0.253 e. The molecule has 4 rings (SSSR count). The van der Waals surface area contributed by atoms with E-state index in [-0.39, 0.29) is 5.91 Å². The van der Waals surface area contributed by atoms with Gasteiger partial charge in [0.2, 0.25) is 5.89 Å². The Hall–Kier alpha value is -3.61. The van der Waals surface area contributed by atoms with Gasteiger partial charge in [0.25, 0.3) is 5.91 Å². The Kier molecular flexibility index (Phi) is 5.52. The molecule has 2 aromatic carbocycles. The summed E-state index contributed by atoms with van der Waals surface area (Å²) in [5.74, 6) is 1.22. The number of oxazole rings is 1. The molecule has 154 valence electrons. The molecule has 0 spiro atoms. The highest BCUT2D eigenvalue weighted by molar-refractivity contribution is 6.00. The lowest BCUT2D eigenvalue weighted by Crippen LogP contribution is -2.31. The maximum atomic E-state index is 12.9. The Labute approximate surface area is 174 Å². The third kappa shape index (κ3) is 3.66. The molecule has 0 aliphatic carbocycles. The molecule has 0 N–H and O–H groups in total. The zero-order valence-corrected chi connectivity index (χ0v) is 17.2. The lowest BCUT2D eigenvalue weighted by atomic mass is 10.1. The average Bonchev–Trinajstić information content (AvgIpc) is 3.43. The second-order valence-electron chi connectivity index (χ2n) is 6.89. The van der Waals surface area contributed by atoms with E-state index in [1.807, 2.05) is 42.2 Å². The molecular weight excluding hydrogens is 382 g/mol. The predicted molar refractivity (Wildman–Crippen MR) is 113 cm³/mol. The summed E-state index contributed by atoms with van der Waals surface area (Å²) in [5, 5.41) is 4.88. The van der Waals surface area contributed by atoms with Crippen LogP contribution in [0, 0.1) is 0 Å². The van der Waals surface area contributed by atoms with Crippen LogP contribution < -0.4 is 4.74 Å². The Balaban J connectivity index is 1.68. The third-order valence-electron chi connectivity index (χ3n) is 4.96. The quantitative estimate of drug-likeness (QED) is 0.429. The molecule has 0 aliphatic rings. The molecule has 2 aromatic heterocycles. The standard InChI is InChI=1S/C23H23N3O4/c1-4-12-26(5-2)23(27)16-8-11-20-18(13-16)21(25-30-20)19-14-29-22(24-19)15-6-9-17(28-3)10-7-15/h6-11,13-14H,4-5,12H2,1-3H3. The Bertz CT molecular complexity index is 1160. The molecule has 4 aromatic rings. The number of carbonyl (C=O) groups excluding carboxylic acids is 1. The molecule has 0 atom stereocenters. The fraction of sp³-hybridized carbons (Fsp3) is 0.261. The Morgan fingerprint density at radius 3 is 2.63 bits per heavy atom. The normalized spacial score (nSPS) is 11.0. The van der Waals surface area contributed by atoms with E-state index in [0.717, 1.165) is 29.7 Å². The minimum absolute atomic E-state index is 0.00697. The van der Waals surface area contributed by atoms with Crippen molar-refractivity contribution in [2.45, 2.75) is 20.3 Å². The first-order chi connectivity index (χ1) is 14.6. The van der Waals surface area contributed by atoms with Crippen LogP contribution in [0.4, 0.5) is 0 Å². The molecule has 7 nitrogen and oxygen atoms in total. The molecule has 0 bridgehead atoms. The molecule has 0 aliphatic heterocycles. The van der Waals surface area contributed by atoms with Gasteiger partial charge in [0.1, 0.15) is 23.4 Å². The van der Waals surface area contributed by atoms with Crippen molar-refractivity contribution in [3.8, 4) is 28.6 Å². The first kappa shape index (κ1) is 19.7. The number of benzene rings is 2. The van der Waals surface area contributed by atoms with E-state index in [1.54, 1.807) is 25.5 Å². The smallest absolute Gasteiger partial charge is 0.253 e. The van der Waals surface area contributed by atoms with Crippen molar-refractivity contribution in [3.63, 3.8) is 0 Å². The van der Waals surface area contributed by atoms with Crippen molar-refractivity contribution in [1.29, 1.82) is 0 Å². The van der Waals surface area contributed by atoms with Gasteiger partial charge in [-0.1, -0.05) is 12.1 Å². The van der Waals surface area contributed by atoms with Crippen molar-refractivity contribution in [2.24, 2.45) is 0 Å². The molecule has 0 saturated heterocycles. The van der Waals surface area contributed by atoms with Crippen LogP contribution in [0.15, 0.2) is 57.7 Å². The summed E-state index contributed by atoms with van der Waals surface area (Å²) in [6.07, 6.45) is 2.45. The van der Waals surface area contributed by atoms with Crippen LogP contribution >= 0.6 is 0 Å². The van der Waals surface area contributed by atoms with Gasteiger partial charge in [-0.15, -0.1) is 0 Å². The summed E-state index contributed by atoms with van der Waals surface area (Å²) >= 11 is 0. The second-order valence-corrected chi connectivity index (χ2v) is 6.89. The zero-order valence-electron chi connectivity index (χ0n) is 17.2. The number of fused-ring (bicyclic) bond motifs is 1. The van der Waals surface area contributed by atoms with Crippen LogP contribution in [0.1, 0.15) is 30.6 Å². The first-order valence-corrected chi connectivity index (χ1v) is 9.93. The van der Waals surface area contributed by atoms with Crippen molar-refractivity contribution in [3.05, 3.63) is 54.3 Å². The zero-order chi connectivity index (χ0) is 21.1. The number of methoxy groups -OCH3 is 1. The molecule has 7 heteroatoms. The number of amides is 1. The Morgan fingerprint density at radius 2 is 1.93 bits per heavy atom. The highest BCUT2D eigenvalue weighted by Crippen LogP contribution is 2.31. The summed E-state index contributed by atoms with van der Waals surface area (Å²) < 4.78 is 16.3. The number of aromatic nitrogens is 2. The molecule has 2 heterocycles. The van der Waals surface area contributed by atoms with Gasteiger partial charge in [-0.05, 0) is 55.8 Å². The molecule has 0 saturated carbocycles. The number of hydrogen-bond donors (Lipinski definition) is 0. The van der Waals surface area contributed by atoms with E-state index in [0.29, 0.717) is 35.0 Å². The topological polar surface area (TPSA) is 81.6 Å². The fourth-order valence-corrected chi connectivity index (χ4v) is 3.36. The molecule has 0 fully saturated rings. The SMILES string of the molecule is CCCN(CC)C(=O)c1ccc2onc(-c3coc(-c4ccc(OC)cc4)n3)c2c1. The van der Waals surface area contributed by atoms with Crippen molar-refractivity contribution < 1.29 is 18.5 Å². The van der Waals surface area contributed by atoms with Gasteiger partial charge in [0.05, 0.1) is 12.5 Å². The third-order valence-corrected chi connectivity index (χ3v) is 4.96. The van der Waals surface area contributed by atoms with Gasteiger partial charge in [0, 0.05) is 24.2 Å². The number of rotatable bonds is 7. The van der Waals surface area contributed by atoms with Crippen LogP contribution in [0.2, 0.25) is 0 Å². The van der Waals surface area contributed by atoms with E-state index >= 15 is 0 Å². The van der Waals surface area contributed by atoms with Crippen molar-refractivity contribution >= 4 is 16.9 Å². The number of carbonyl (C=O) groups is 1. The van der Waals surface area contributed by atoms with Gasteiger partial charge in [-0.25, -0.2) is 4.98 Å². The predicted octanol–water partition coefficient (Wildman–Crippen LogP) is 5.03. The van der Waals surface area contributed by atoms with Crippen LogP contribution in [-0.2, 0) is 0 Å². The van der Waals surface area contributed by atoms with E-state index in [4.69, 9.17) is 13.7 Å². The molecule has 1 amide bonds. The monoisotopic (exact) mass is 405 g/mol. The number of hydrogen-bond acceptors (Lipinski definition) is 6. The van der Waals surface area contributed by atoms with Crippen molar-refractivity contribution in [1.82, 2.24) is 15.0 Å². The average molecular weight is 405 g/mol. The molecule has 0 unspecified atom stereocenters. The number of ether oxygens (including phenoxy) is 1. The summed E-state index contributed by atoms with van der Waals surface area (Å²) in [5.41, 5.74) is 3.10. The van der Waals surface area contributed by atoms with Gasteiger partial charge in [-0.3, -0.25) is 4.79 Å². The summed E-state index contributed by atoms with van der Waals surface area (Å²) in [4.78, 5) is 19.2. The number of nitrogens with zero attached hydrogens (tertiary/aromatic N) is 3. The summed E-state index contributed by atoms with van der Waals surface area (Å²) in [6.45, 7) is 5.42. The lowest BCUT2D eigenvalue weighted by molar-refractivity contribution is 0.0764. The molecule has 30 heavy (non-hydrogen) atoms. The van der Waals surface area contributed by atoms with E-state index in [2.05, 4.69) is 17.1 Å². The van der Waals surface area contributed by atoms with E-state index in [1.165, 1.54) is 0 Å². The van der Waals surface area contributed by atoms with E-state index < -0.39 is 0 Å². The van der Waals surface area contributed by atoms with E-state index in [9.17, 15) is 4.79 Å². The molecular formula is C23H23N3O4. The van der Waals surface area contributed by atoms with Gasteiger partial charge >= 0.3 is 0 Å². The fourth-order valence-electron chi connectivity index (χ4n) is 3.36. The largest absolute Gasteiger partial charge is 0.497 e. The maximum absolute atomic E-state index is 12.9. The highest BCUT2D eigenvalue weighted by atomic mass is 16.5. The summed E-state index contributed by atoms with van der Waals surface area (Å²) in [7, 11) is 1.62. The van der Waals surface area contributed by atoms with Gasteiger partial charge in [-0.2, -0.15) is 0 Å². The van der Waals surface area contributed by atoms with Crippen LogP contribution in [0.5, 0.6) is 5.75 Å². The lowest BCUT2D eigenvalue weighted by Gasteiger charge is -2.20. The van der Waals surface area contributed by atoms with Crippen LogP contribution in [-0.4, -0.2) is 41.1 Å². The molecule has 0 radical (unpaired) electrons. The van der Waals surface area contributed by atoms with Crippen LogP contribution in [0.25, 0.3) is 33.8 Å². The highest BCUT2D eigenvalue weighted by Gasteiger charge is 2.19. The first-order valence-electron chi connectivity index (χ1n) is 9.93. The summed E-state index contributed by atoms with van der Waals surface area (Å²) in [6, 6.07) is 12.8.